The molecule has 4 nitrogen and oxygen atoms in total. The molecule has 0 aliphatic heterocycles. The van der Waals surface area contributed by atoms with Gasteiger partial charge >= 0.3 is 6.03 Å². The van der Waals surface area contributed by atoms with Crippen LogP contribution < -0.4 is 5.32 Å². The summed E-state index contributed by atoms with van der Waals surface area (Å²) in [5.74, 6) is 0.104. The Hall–Kier alpha value is -1.06. The average molecular weight is 214 g/mol. The molecule has 0 aliphatic carbocycles. The molecule has 0 spiro atoms. The number of carbonyl (C=O) groups is 2. The Morgan fingerprint density at radius 3 is 2.07 bits per heavy atom. The lowest BCUT2D eigenvalue weighted by Gasteiger charge is -2.21. The van der Waals surface area contributed by atoms with Gasteiger partial charge in [-0.05, 0) is 19.8 Å². The van der Waals surface area contributed by atoms with Crippen LogP contribution in [-0.2, 0) is 4.79 Å². The van der Waals surface area contributed by atoms with Gasteiger partial charge in [-0.15, -0.1) is 0 Å². The highest BCUT2D eigenvalue weighted by atomic mass is 16.2. The molecule has 2 amide bonds. The molecule has 0 aromatic heterocycles. The number of carbonyl (C=O) groups excluding carboxylic acids is 2. The Morgan fingerprint density at radius 1 is 1.13 bits per heavy atom. The minimum absolute atomic E-state index is 0.0556. The predicted octanol–water partition coefficient (Wildman–Crippen LogP) is 1.80. The van der Waals surface area contributed by atoms with Gasteiger partial charge < -0.3 is 10.2 Å². The van der Waals surface area contributed by atoms with Gasteiger partial charge in [0.2, 0.25) is 0 Å². The topological polar surface area (TPSA) is 49.4 Å². The maximum absolute atomic E-state index is 11.6. The second-order valence-electron chi connectivity index (χ2n) is 3.67. The summed E-state index contributed by atoms with van der Waals surface area (Å²) in [6.07, 6.45) is 2.33. The number of nitrogens with one attached hydrogen (secondary N) is 1. The van der Waals surface area contributed by atoms with Crippen LogP contribution in [0.25, 0.3) is 0 Å². The number of ketones is 1. The van der Waals surface area contributed by atoms with Gasteiger partial charge in [-0.3, -0.25) is 4.79 Å². The van der Waals surface area contributed by atoms with E-state index in [2.05, 4.69) is 5.32 Å². The molecule has 0 radical (unpaired) electrons. The maximum atomic E-state index is 11.6. The second kappa shape index (κ2) is 8.26. The molecule has 0 bridgehead atoms. The van der Waals surface area contributed by atoms with E-state index < -0.39 is 0 Å². The second-order valence-corrected chi connectivity index (χ2v) is 3.67. The third-order valence-electron chi connectivity index (χ3n) is 2.03. The van der Waals surface area contributed by atoms with E-state index in [9.17, 15) is 9.59 Å². The highest BCUT2D eigenvalue weighted by Gasteiger charge is 2.10. The molecule has 0 aromatic rings. The van der Waals surface area contributed by atoms with Crippen molar-refractivity contribution >= 4 is 11.8 Å². The largest absolute Gasteiger partial charge is 0.338 e. The number of nitrogens with zero attached hydrogens (tertiary/aromatic N) is 1. The van der Waals surface area contributed by atoms with Crippen LogP contribution in [0.1, 0.15) is 40.0 Å². The monoisotopic (exact) mass is 214 g/mol. The summed E-state index contributed by atoms with van der Waals surface area (Å²) in [6, 6.07) is -0.0556. The summed E-state index contributed by atoms with van der Waals surface area (Å²) in [6.45, 7) is 7.62. The van der Waals surface area contributed by atoms with Crippen LogP contribution in [0.15, 0.2) is 0 Å². The zero-order valence-electron chi connectivity index (χ0n) is 10.0. The number of hydrogen-bond donors (Lipinski definition) is 1. The van der Waals surface area contributed by atoms with Gasteiger partial charge in [0, 0.05) is 26.1 Å². The van der Waals surface area contributed by atoms with Crippen molar-refractivity contribution in [3.05, 3.63) is 0 Å². The normalized spacial score (nSPS) is 9.80. The van der Waals surface area contributed by atoms with Gasteiger partial charge in [0.25, 0.3) is 0 Å². The van der Waals surface area contributed by atoms with Crippen molar-refractivity contribution in [3.63, 3.8) is 0 Å². The van der Waals surface area contributed by atoms with E-state index in [1.54, 1.807) is 4.90 Å². The maximum Gasteiger partial charge on any atom is 0.317 e. The Labute approximate surface area is 92.0 Å². The first-order chi connectivity index (χ1) is 7.11. The third kappa shape index (κ3) is 6.94. The van der Waals surface area contributed by atoms with Crippen molar-refractivity contribution in [1.29, 1.82) is 0 Å². The van der Waals surface area contributed by atoms with E-state index in [0.29, 0.717) is 13.0 Å². The third-order valence-corrected chi connectivity index (χ3v) is 2.03. The average Bonchev–Trinajstić information content (AvgIpc) is 2.16. The van der Waals surface area contributed by atoms with E-state index in [-0.39, 0.29) is 11.8 Å². The fourth-order valence-corrected chi connectivity index (χ4v) is 1.31. The van der Waals surface area contributed by atoms with Gasteiger partial charge in [-0.25, -0.2) is 4.79 Å². The van der Waals surface area contributed by atoms with E-state index in [1.165, 1.54) is 6.92 Å². The smallest absolute Gasteiger partial charge is 0.317 e. The molecular weight excluding hydrogens is 192 g/mol. The molecule has 0 aliphatic rings. The van der Waals surface area contributed by atoms with Crippen LogP contribution in [0, 0.1) is 0 Å². The fourth-order valence-electron chi connectivity index (χ4n) is 1.31. The minimum atomic E-state index is -0.0556. The number of rotatable bonds is 7. The van der Waals surface area contributed by atoms with E-state index >= 15 is 0 Å². The lowest BCUT2D eigenvalue weighted by molar-refractivity contribution is -0.116. The fraction of sp³-hybridized carbons (Fsp3) is 0.818. The number of Topliss-reactive ketones (excluding diaryl/α,β-unsaturated/α-hetero) is 1. The highest BCUT2D eigenvalue weighted by molar-refractivity contribution is 5.77. The standard InChI is InChI=1S/C11H22N2O2/c1-4-8-13(9-5-2)11(15)12-7-6-10(3)14/h4-9H2,1-3H3,(H,12,15). The van der Waals surface area contributed by atoms with Crippen molar-refractivity contribution in [1.82, 2.24) is 10.2 Å². The molecular formula is C11H22N2O2. The summed E-state index contributed by atoms with van der Waals surface area (Å²) < 4.78 is 0. The summed E-state index contributed by atoms with van der Waals surface area (Å²) in [4.78, 5) is 24.1. The number of hydrogen-bond acceptors (Lipinski definition) is 2. The Bertz CT molecular complexity index is 199. The van der Waals surface area contributed by atoms with E-state index in [1.807, 2.05) is 13.8 Å². The van der Waals surface area contributed by atoms with E-state index in [0.717, 1.165) is 25.9 Å². The van der Waals surface area contributed by atoms with Gasteiger partial charge in [-0.2, -0.15) is 0 Å². The minimum Gasteiger partial charge on any atom is -0.338 e. The Balaban J connectivity index is 3.85. The number of amides is 2. The van der Waals surface area contributed by atoms with E-state index in [4.69, 9.17) is 0 Å². The zero-order chi connectivity index (χ0) is 11.7. The summed E-state index contributed by atoms with van der Waals surface area (Å²) in [5, 5.41) is 2.75. The van der Waals surface area contributed by atoms with Crippen LogP contribution in [-0.4, -0.2) is 36.3 Å². The zero-order valence-corrected chi connectivity index (χ0v) is 10.0. The van der Waals surface area contributed by atoms with Gasteiger partial charge in [0.15, 0.2) is 0 Å². The summed E-state index contributed by atoms with van der Waals surface area (Å²) in [5.41, 5.74) is 0. The number of urea groups is 1. The molecule has 0 aromatic carbocycles. The predicted molar refractivity (Wildman–Crippen MR) is 60.9 cm³/mol. The van der Waals surface area contributed by atoms with Crippen molar-refractivity contribution < 1.29 is 9.59 Å². The highest BCUT2D eigenvalue weighted by Crippen LogP contribution is 1.95. The quantitative estimate of drug-likeness (QED) is 0.702. The molecule has 0 heterocycles. The molecule has 88 valence electrons. The van der Waals surface area contributed by atoms with Crippen LogP contribution in [0.4, 0.5) is 4.79 Å². The molecule has 4 heteroatoms. The van der Waals surface area contributed by atoms with Gasteiger partial charge in [0.05, 0.1) is 0 Å². The van der Waals surface area contributed by atoms with Gasteiger partial charge in [0.1, 0.15) is 5.78 Å². The van der Waals surface area contributed by atoms with Crippen molar-refractivity contribution in [2.45, 2.75) is 40.0 Å². The molecule has 0 saturated carbocycles. The van der Waals surface area contributed by atoms with Crippen LogP contribution in [0.2, 0.25) is 0 Å². The summed E-state index contributed by atoms with van der Waals surface area (Å²) >= 11 is 0. The van der Waals surface area contributed by atoms with Crippen molar-refractivity contribution in [2.24, 2.45) is 0 Å². The SMILES string of the molecule is CCCN(CCC)C(=O)NCCC(C)=O. The lowest BCUT2D eigenvalue weighted by atomic mass is 10.3. The molecule has 0 atom stereocenters. The van der Waals surface area contributed by atoms with Crippen LogP contribution in [0.5, 0.6) is 0 Å². The van der Waals surface area contributed by atoms with Crippen molar-refractivity contribution in [3.8, 4) is 0 Å². The summed E-state index contributed by atoms with van der Waals surface area (Å²) in [7, 11) is 0. The Kier molecular flexibility index (Phi) is 7.68. The van der Waals surface area contributed by atoms with Crippen molar-refractivity contribution in [2.75, 3.05) is 19.6 Å². The lowest BCUT2D eigenvalue weighted by Crippen LogP contribution is -2.41. The molecule has 0 unspecified atom stereocenters. The molecule has 0 saturated heterocycles. The first-order valence-corrected chi connectivity index (χ1v) is 5.64. The Morgan fingerprint density at radius 2 is 1.67 bits per heavy atom. The molecule has 1 N–H and O–H groups in total. The van der Waals surface area contributed by atoms with Gasteiger partial charge in [-0.1, -0.05) is 13.8 Å². The first kappa shape index (κ1) is 13.9. The first-order valence-electron chi connectivity index (χ1n) is 5.64. The molecule has 15 heavy (non-hydrogen) atoms. The van der Waals surface area contributed by atoms with Crippen LogP contribution in [0.3, 0.4) is 0 Å². The molecule has 0 fully saturated rings. The molecule has 0 rings (SSSR count). The van der Waals surface area contributed by atoms with Crippen LogP contribution >= 0.6 is 0 Å².